The molecule has 3 aromatic carbocycles. The van der Waals surface area contributed by atoms with Gasteiger partial charge < -0.3 is 9.26 Å². The quantitative estimate of drug-likeness (QED) is 0.282. The number of hydrogen-bond acceptors (Lipinski definition) is 7. The number of fused-ring (bicyclic) bond motifs is 1. The van der Waals surface area contributed by atoms with Crippen LogP contribution in [0.4, 0.5) is 10.2 Å². The van der Waals surface area contributed by atoms with Crippen LogP contribution in [-0.2, 0) is 10.0 Å². The smallest absolute Gasteiger partial charge is 0.263 e. The van der Waals surface area contributed by atoms with Gasteiger partial charge in [0.25, 0.3) is 10.0 Å². The van der Waals surface area contributed by atoms with Gasteiger partial charge in [-0.2, -0.15) is 5.26 Å². The van der Waals surface area contributed by atoms with Crippen molar-refractivity contribution in [3.63, 3.8) is 0 Å². The summed E-state index contributed by atoms with van der Waals surface area (Å²) >= 11 is 6.62. The topological polar surface area (TPSA) is 118 Å². The Morgan fingerprint density at radius 2 is 1.95 bits per heavy atom. The number of hydrogen-bond donors (Lipinski definition) is 1. The predicted octanol–water partition coefficient (Wildman–Crippen LogP) is 6.03. The summed E-state index contributed by atoms with van der Waals surface area (Å²) in [5, 5.41) is 14.2. The molecule has 0 fully saturated rings. The van der Waals surface area contributed by atoms with Crippen molar-refractivity contribution in [3.8, 4) is 34.1 Å². The fourth-order valence-corrected chi connectivity index (χ4v) is 5.26. The van der Waals surface area contributed by atoms with E-state index in [9.17, 15) is 18.1 Å². The molecule has 0 atom stereocenters. The van der Waals surface area contributed by atoms with Crippen LogP contribution in [0.3, 0.4) is 0 Å². The van der Waals surface area contributed by atoms with Crippen molar-refractivity contribution in [2.24, 2.45) is 0 Å². The maximum absolute atomic E-state index is 13.8. The predicted molar refractivity (Wildman–Crippen MR) is 136 cm³/mol. The van der Waals surface area contributed by atoms with E-state index in [1.54, 1.807) is 30.3 Å². The molecule has 2 aromatic heterocycles. The van der Waals surface area contributed by atoms with E-state index in [1.165, 1.54) is 49.9 Å². The molecule has 0 saturated carbocycles. The van der Waals surface area contributed by atoms with E-state index in [0.29, 0.717) is 43.9 Å². The number of aromatic nitrogens is 2. The molecule has 2 heterocycles. The minimum Gasteiger partial charge on any atom is -0.496 e. The molecule has 0 aliphatic carbocycles. The van der Waals surface area contributed by atoms with Gasteiger partial charge in [0.2, 0.25) is 0 Å². The molecule has 11 heteroatoms. The van der Waals surface area contributed by atoms with Crippen molar-refractivity contribution in [1.82, 2.24) is 10.1 Å². The molecule has 0 aliphatic rings. The Morgan fingerprint density at radius 1 is 1.11 bits per heavy atom. The van der Waals surface area contributed by atoms with E-state index < -0.39 is 15.8 Å². The number of halogens is 2. The van der Waals surface area contributed by atoms with Gasteiger partial charge in [0, 0.05) is 39.4 Å². The first-order valence-corrected chi connectivity index (χ1v) is 12.6. The summed E-state index contributed by atoms with van der Waals surface area (Å²) in [6, 6.07) is 17.1. The second kappa shape index (κ2) is 9.54. The number of benzene rings is 3. The van der Waals surface area contributed by atoms with Crippen molar-refractivity contribution in [3.05, 3.63) is 89.5 Å². The van der Waals surface area contributed by atoms with Crippen LogP contribution in [0.1, 0.15) is 5.56 Å². The summed E-state index contributed by atoms with van der Waals surface area (Å²) in [6.45, 7) is 0. The summed E-state index contributed by atoms with van der Waals surface area (Å²) in [7, 11) is -2.51. The average Bonchev–Trinajstić information content (AvgIpc) is 3.39. The van der Waals surface area contributed by atoms with Gasteiger partial charge in [-0.25, -0.2) is 12.8 Å². The second-order valence-corrected chi connectivity index (χ2v) is 9.96. The van der Waals surface area contributed by atoms with Crippen LogP contribution in [0.5, 0.6) is 5.75 Å². The van der Waals surface area contributed by atoms with E-state index in [1.807, 2.05) is 0 Å². The Bertz CT molecular complexity index is 1800. The van der Waals surface area contributed by atoms with Crippen molar-refractivity contribution < 1.29 is 22.1 Å². The lowest BCUT2D eigenvalue weighted by Gasteiger charge is -2.16. The zero-order valence-electron chi connectivity index (χ0n) is 19.1. The van der Waals surface area contributed by atoms with Crippen molar-refractivity contribution in [1.29, 1.82) is 5.26 Å². The third-order valence-electron chi connectivity index (χ3n) is 5.64. The first-order chi connectivity index (χ1) is 17.8. The summed E-state index contributed by atoms with van der Waals surface area (Å²) < 4.78 is 52.1. The number of pyridine rings is 1. The minimum atomic E-state index is -3.98. The summed E-state index contributed by atoms with van der Waals surface area (Å²) in [5.41, 5.74) is 2.62. The first kappa shape index (κ1) is 24.2. The highest BCUT2D eigenvalue weighted by molar-refractivity contribution is 7.92. The largest absolute Gasteiger partial charge is 0.496 e. The maximum atomic E-state index is 13.8. The molecule has 0 spiro atoms. The number of anilines is 1. The highest BCUT2D eigenvalue weighted by Gasteiger charge is 2.21. The average molecular weight is 535 g/mol. The molecule has 0 unspecified atom stereocenters. The van der Waals surface area contributed by atoms with E-state index in [2.05, 4.69) is 25.5 Å². The molecule has 0 bridgehead atoms. The van der Waals surface area contributed by atoms with Crippen LogP contribution >= 0.6 is 11.6 Å². The minimum absolute atomic E-state index is 0.0336. The molecule has 0 saturated heterocycles. The molecule has 184 valence electrons. The van der Waals surface area contributed by atoms with Gasteiger partial charge in [0.15, 0.2) is 5.82 Å². The number of methoxy groups -OCH3 is 1. The van der Waals surface area contributed by atoms with Crippen LogP contribution in [-0.4, -0.2) is 25.7 Å². The zero-order valence-corrected chi connectivity index (χ0v) is 20.6. The lowest BCUT2D eigenvalue weighted by Crippen LogP contribution is -2.13. The van der Waals surface area contributed by atoms with Gasteiger partial charge >= 0.3 is 0 Å². The Balaban J connectivity index is 1.67. The monoisotopic (exact) mass is 534 g/mol. The number of ether oxygens (including phenoxy) is 1. The van der Waals surface area contributed by atoms with Crippen LogP contribution in [0, 0.1) is 17.1 Å². The molecular formula is C26H16ClFN4O4S. The van der Waals surface area contributed by atoms with Gasteiger partial charge in [-0.1, -0.05) is 35.0 Å². The van der Waals surface area contributed by atoms with E-state index in [0.717, 1.165) is 0 Å². The summed E-state index contributed by atoms with van der Waals surface area (Å²) in [4.78, 5) is 4.24. The van der Waals surface area contributed by atoms with Crippen LogP contribution < -0.4 is 9.46 Å². The van der Waals surface area contributed by atoms with E-state index in [4.69, 9.17) is 16.3 Å². The third kappa shape index (κ3) is 4.58. The highest BCUT2D eigenvalue weighted by Crippen LogP contribution is 2.43. The number of nitrogens with one attached hydrogen (secondary N) is 1. The van der Waals surface area contributed by atoms with Gasteiger partial charge in [0.05, 0.1) is 23.1 Å². The number of nitriles is 1. The Hall–Kier alpha value is -4.46. The Morgan fingerprint density at radius 3 is 2.65 bits per heavy atom. The van der Waals surface area contributed by atoms with Gasteiger partial charge in [0.1, 0.15) is 23.9 Å². The Labute approximate surface area is 215 Å². The Kier molecular flexibility index (Phi) is 6.25. The molecule has 0 aliphatic heterocycles. The fraction of sp³-hybridized carbons (Fsp3) is 0.0385. The molecule has 5 rings (SSSR count). The molecule has 0 amide bonds. The van der Waals surface area contributed by atoms with Crippen LogP contribution in [0.25, 0.3) is 33.2 Å². The normalized spacial score (nSPS) is 11.3. The number of sulfonamides is 1. The molecule has 37 heavy (non-hydrogen) atoms. The lowest BCUT2D eigenvalue weighted by atomic mass is 9.94. The summed E-state index contributed by atoms with van der Waals surface area (Å²) in [6.07, 6.45) is 2.60. The van der Waals surface area contributed by atoms with Crippen LogP contribution in [0.2, 0.25) is 5.02 Å². The fourth-order valence-electron chi connectivity index (χ4n) is 3.97. The first-order valence-electron chi connectivity index (χ1n) is 10.7. The van der Waals surface area contributed by atoms with E-state index >= 15 is 0 Å². The lowest BCUT2D eigenvalue weighted by molar-refractivity contribution is 0.416. The molecular weight excluding hydrogens is 519 g/mol. The van der Waals surface area contributed by atoms with Gasteiger partial charge in [-0.15, -0.1) is 0 Å². The number of nitrogens with zero attached hydrogens (tertiary/aromatic N) is 3. The van der Waals surface area contributed by atoms with Gasteiger partial charge in [-0.3, -0.25) is 9.71 Å². The molecule has 0 radical (unpaired) electrons. The zero-order chi connectivity index (χ0) is 26.2. The summed E-state index contributed by atoms with van der Waals surface area (Å²) in [5.74, 6) is 0.00991. The second-order valence-electron chi connectivity index (χ2n) is 7.87. The standard InChI is InChI=1S/C26H16ClFN4O4S/c1-35-24-12-20(15-3-2-4-17(28)9-15)22(27)11-21(24)26-16(13-29)14-30-23-10-18(5-6-19(23)26)37(33,34)32-25-7-8-36-31-25/h2-12,14H,1H3,(H,31,32). The van der Waals surface area contributed by atoms with Gasteiger partial charge in [-0.05, 0) is 42.0 Å². The maximum Gasteiger partial charge on any atom is 0.263 e. The van der Waals surface area contributed by atoms with Crippen LogP contribution in [0.15, 0.2) is 82.5 Å². The van der Waals surface area contributed by atoms with E-state index in [-0.39, 0.29) is 16.3 Å². The van der Waals surface area contributed by atoms with Crippen molar-refractivity contribution in [2.75, 3.05) is 11.8 Å². The highest BCUT2D eigenvalue weighted by atomic mass is 35.5. The third-order valence-corrected chi connectivity index (χ3v) is 7.31. The molecule has 5 aromatic rings. The van der Waals surface area contributed by atoms with Crippen molar-refractivity contribution >= 4 is 38.3 Å². The van der Waals surface area contributed by atoms with Crippen molar-refractivity contribution in [2.45, 2.75) is 4.90 Å². The molecule has 1 N–H and O–H groups in total. The molecule has 8 nitrogen and oxygen atoms in total. The number of rotatable bonds is 6. The SMILES string of the molecule is COc1cc(-c2cccc(F)c2)c(Cl)cc1-c1c(C#N)cnc2cc(S(=O)(=O)Nc3ccon3)ccc12.